The fourth-order valence-corrected chi connectivity index (χ4v) is 0.294. The highest BCUT2D eigenvalue weighted by molar-refractivity contribution is 4.67. The van der Waals surface area contributed by atoms with Gasteiger partial charge in [-0.05, 0) is 10.4 Å². The SMILES string of the molecule is N#CCn1[c]nnn1. The van der Waals surface area contributed by atoms with Crippen LogP contribution in [0.25, 0.3) is 0 Å². The summed E-state index contributed by atoms with van der Waals surface area (Å²) < 4.78 is 1.22. The van der Waals surface area contributed by atoms with E-state index in [4.69, 9.17) is 5.26 Å². The monoisotopic (exact) mass is 108 g/mol. The molecule has 0 saturated heterocycles. The number of hydrogen-bond acceptors (Lipinski definition) is 4. The molecule has 0 atom stereocenters. The maximum atomic E-state index is 8.05. The Kier molecular flexibility index (Phi) is 1.19. The van der Waals surface area contributed by atoms with Crippen molar-refractivity contribution in [1.29, 1.82) is 5.26 Å². The van der Waals surface area contributed by atoms with Gasteiger partial charge in [0.2, 0.25) is 6.33 Å². The lowest BCUT2D eigenvalue weighted by atomic mass is 10.7. The predicted molar refractivity (Wildman–Crippen MR) is 22.3 cm³/mol. The van der Waals surface area contributed by atoms with Crippen molar-refractivity contribution in [2.24, 2.45) is 0 Å². The fraction of sp³-hybridized carbons (Fsp3) is 0.333. The lowest BCUT2D eigenvalue weighted by molar-refractivity contribution is 0.663. The van der Waals surface area contributed by atoms with Gasteiger partial charge in [-0.15, -0.1) is 5.10 Å². The summed E-state index contributed by atoms with van der Waals surface area (Å²) in [5.41, 5.74) is 0. The van der Waals surface area contributed by atoms with Crippen LogP contribution in [-0.4, -0.2) is 20.2 Å². The van der Waals surface area contributed by atoms with Gasteiger partial charge in [-0.2, -0.15) is 5.26 Å². The molecule has 0 N–H and O–H groups in total. The molecule has 1 aromatic rings. The molecule has 8 heavy (non-hydrogen) atoms. The molecule has 0 aliphatic rings. The summed E-state index contributed by atoms with van der Waals surface area (Å²) in [4.78, 5) is 0. The number of nitrogens with zero attached hydrogens (tertiary/aromatic N) is 5. The largest absolute Gasteiger partial charge is 0.222 e. The molecule has 0 fully saturated rings. The molecule has 0 bridgehead atoms. The van der Waals surface area contributed by atoms with E-state index in [9.17, 15) is 0 Å². The molecule has 5 heteroatoms. The van der Waals surface area contributed by atoms with E-state index in [0.29, 0.717) is 0 Å². The average Bonchev–Trinajstić information content (AvgIpc) is 2.19. The van der Waals surface area contributed by atoms with Crippen molar-refractivity contribution in [3.8, 4) is 6.07 Å². The van der Waals surface area contributed by atoms with Crippen LogP contribution < -0.4 is 0 Å². The number of aromatic nitrogens is 4. The van der Waals surface area contributed by atoms with Crippen molar-refractivity contribution in [3.63, 3.8) is 0 Å². The second kappa shape index (κ2) is 2.02. The summed E-state index contributed by atoms with van der Waals surface area (Å²) >= 11 is 0. The Morgan fingerprint density at radius 3 is 3.12 bits per heavy atom. The van der Waals surface area contributed by atoms with Crippen LogP contribution in [0, 0.1) is 17.7 Å². The third-order valence-electron chi connectivity index (χ3n) is 0.573. The van der Waals surface area contributed by atoms with E-state index < -0.39 is 0 Å². The zero-order chi connectivity index (χ0) is 5.82. The molecule has 0 aliphatic carbocycles. The Balaban J connectivity index is 2.67. The zero-order valence-corrected chi connectivity index (χ0v) is 3.94. The van der Waals surface area contributed by atoms with Crippen molar-refractivity contribution in [3.05, 3.63) is 6.33 Å². The molecule has 1 heterocycles. The van der Waals surface area contributed by atoms with Crippen LogP contribution in [0.2, 0.25) is 0 Å². The van der Waals surface area contributed by atoms with E-state index in [1.807, 2.05) is 6.07 Å². The van der Waals surface area contributed by atoms with Crippen LogP contribution >= 0.6 is 0 Å². The summed E-state index contributed by atoms with van der Waals surface area (Å²) in [5, 5.41) is 17.9. The molecule has 0 unspecified atom stereocenters. The van der Waals surface area contributed by atoms with Crippen LogP contribution in [0.4, 0.5) is 0 Å². The van der Waals surface area contributed by atoms with Gasteiger partial charge in [0.15, 0.2) is 0 Å². The summed E-state index contributed by atoms with van der Waals surface area (Å²) in [6, 6.07) is 1.86. The molecule has 0 aromatic carbocycles. The molecule has 0 spiro atoms. The van der Waals surface area contributed by atoms with Gasteiger partial charge in [-0.1, -0.05) is 0 Å². The lowest BCUT2D eigenvalue weighted by Gasteiger charge is -1.79. The highest BCUT2D eigenvalue weighted by Crippen LogP contribution is 1.70. The van der Waals surface area contributed by atoms with E-state index in [-0.39, 0.29) is 6.54 Å². The Morgan fingerprint density at radius 2 is 2.62 bits per heavy atom. The molecule has 39 valence electrons. The summed E-state index contributed by atoms with van der Waals surface area (Å²) in [6.07, 6.45) is 2.36. The maximum Gasteiger partial charge on any atom is 0.222 e. The average molecular weight is 108 g/mol. The van der Waals surface area contributed by atoms with Crippen molar-refractivity contribution < 1.29 is 0 Å². The smallest absolute Gasteiger partial charge is 0.208 e. The van der Waals surface area contributed by atoms with Crippen molar-refractivity contribution >= 4 is 0 Å². The van der Waals surface area contributed by atoms with Crippen LogP contribution in [-0.2, 0) is 6.54 Å². The van der Waals surface area contributed by atoms with Crippen LogP contribution in [0.5, 0.6) is 0 Å². The van der Waals surface area contributed by atoms with Crippen LogP contribution in [0.1, 0.15) is 0 Å². The predicted octanol–water partition coefficient (Wildman–Crippen LogP) is -1.00. The van der Waals surface area contributed by atoms with E-state index in [2.05, 4.69) is 21.9 Å². The number of tetrazole rings is 1. The van der Waals surface area contributed by atoms with E-state index in [1.165, 1.54) is 4.68 Å². The van der Waals surface area contributed by atoms with Crippen LogP contribution in [0.15, 0.2) is 0 Å². The molecule has 1 radical (unpaired) electrons. The first kappa shape index (κ1) is 4.71. The van der Waals surface area contributed by atoms with Crippen LogP contribution in [0.3, 0.4) is 0 Å². The first-order valence-corrected chi connectivity index (χ1v) is 1.94. The topological polar surface area (TPSA) is 67.4 Å². The Bertz CT molecular complexity index is 182. The van der Waals surface area contributed by atoms with Crippen molar-refractivity contribution in [2.75, 3.05) is 0 Å². The molecule has 1 rings (SSSR count). The van der Waals surface area contributed by atoms with Gasteiger partial charge in [0.05, 0.1) is 6.07 Å². The number of hydrogen-bond donors (Lipinski definition) is 0. The molecule has 5 nitrogen and oxygen atoms in total. The first-order chi connectivity index (χ1) is 3.93. The molecule has 0 aliphatic heterocycles. The van der Waals surface area contributed by atoms with E-state index in [1.54, 1.807) is 0 Å². The second-order valence-electron chi connectivity index (χ2n) is 1.09. The summed E-state index contributed by atoms with van der Waals surface area (Å²) in [5.74, 6) is 0. The minimum Gasteiger partial charge on any atom is -0.208 e. The minimum absolute atomic E-state index is 0.160. The van der Waals surface area contributed by atoms with Gasteiger partial charge in [-0.25, -0.2) is 4.68 Å². The Hall–Kier alpha value is -1.44. The minimum atomic E-state index is 0.160. The fourth-order valence-electron chi connectivity index (χ4n) is 0.294. The summed E-state index contributed by atoms with van der Waals surface area (Å²) in [6.45, 7) is 0.160. The molecule has 0 amide bonds. The van der Waals surface area contributed by atoms with E-state index in [0.717, 1.165) is 0 Å². The molecule has 0 saturated carbocycles. The first-order valence-electron chi connectivity index (χ1n) is 1.94. The van der Waals surface area contributed by atoms with Crippen molar-refractivity contribution in [1.82, 2.24) is 20.2 Å². The van der Waals surface area contributed by atoms with E-state index >= 15 is 0 Å². The third-order valence-corrected chi connectivity index (χ3v) is 0.573. The lowest BCUT2D eigenvalue weighted by Crippen LogP contribution is -1.95. The van der Waals surface area contributed by atoms with Crippen molar-refractivity contribution in [2.45, 2.75) is 6.54 Å². The molecule has 1 aromatic heterocycles. The molecular formula is C3H2N5. The second-order valence-corrected chi connectivity index (χ2v) is 1.09. The maximum absolute atomic E-state index is 8.05. The van der Waals surface area contributed by atoms with Gasteiger partial charge in [0, 0.05) is 0 Å². The zero-order valence-electron chi connectivity index (χ0n) is 3.94. The quantitative estimate of drug-likeness (QED) is 0.462. The summed E-state index contributed by atoms with van der Waals surface area (Å²) in [7, 11) is 0. The van der Waals surface area contributed by atoms with Gasteiger partial charge in [0.1, 0.15) is 6.54 Å². The normalized spacial score (nSPS) is 8.38. The van der Waals surface area contributed by atoms with Gasteiger partial charge in [-0.3, -0.25) is 0 Å². The highest BCUT2D eigenvalue weighted by atomic mass is 15.5. The Morgan fingerprint density at radius 1 is 1.75 bits per heavy atom. The van der Waals surface area contributed by atoms with Gasteiger partial charge >= 0.3 is 0 Å². The third kappa shape index (κ3) is 0.789. The Labute approximate surface area is 45.5 Å². The van der Waals surface area contributed by atoms with Gasteiger partial charge < -0.3 is 0 Å². The highest BCUT2D eigenvalue weighted by Gasteiger charge is 1.86. The number of rotatable bonds is 1. The standard InChI is InChI=1S/C3H2N5/c4-1-2-8-3-5-6-7-8/h2H2. The van der Waals surface area contributed by atoms with Gasteiger partial charge in [0.25, 0.3) is 0 Å². The molecular weight excluding hydrogens is 106 g/mol. The number of nitriles is 1.